The van der Waals surface area contributed by atoms with E-state index in [1.54, 1.807) is 0 Å². The summed E-state index contributed by atoms with van der Waals surface area (Å²) in [4.78, 5) is 0. The van der Waals surface area contributed by atoms with Gasteiger partial charge in [-0.15, -0.1) is 0 Å². The Bertz CT molecular complexity index is 509. The Hall–Kier alpha value is -1.80. The van der Waals surface area contributed by atoms with Crippen LogP contribution < -0.4 is 10.9 Å². The van der Waals surface area contributed by atoms with Crippen molar-refractivity contribution < 1.29 is 0 Å². The second-order valence-corrected chi connectivity index (χ2v) is 4.11. The third-order valence-electron chi connectivity index (χ3n) is 3.11. The lowest BCUT2D eigenvalue weighted by Gasteiger charge is -2.25. The fourth-order valence-corrected chi connectivity index (χ4v) is 2.25. The zero-order valence-electron chi connectivity index (χ0n) is 9.06. The van der Waals surface area contributed by atoms with E-state index in [0.717, 1.165) is 18.5 Å². The Balaban J connectivity index is 2.17. The van der Waals surface area contributed by atoms with Crippen LogP contribution in [0.3, 0.4) is 0 Å². The van der Waals surface area contributed by atoms with Crippen LogP contribution in [0, 0.1) is 0 Å². The highest BCUT2D eigenvalue weighted by Crippen LogP contribution is 2.32. The average molecular weight is 210 g/mol. The highest BCUT2D eigenvalue weighted by molar-refractivity contribution is 5.74. The van der Waals surface area contributed by atoms with Crippen LogP contribution in [-0.2, 0) is 0 Å². The van der Waals surface area contributed by atoms with Gasteiger partial charge in [-0.2, -0.15) is 0 Å². The largest absolute Gasteiger partial charge is 0.283 e. The van der Waals surface area contributed by atoms with E-state index >= 15 is 0 Å². The van der Waals surface area contributed by atoms with Crippen molar-refractivity contribution in [1.29, 1.82) is 0 Å². The molecule has 1 aromatic carbocycles. The molecule has 0 saturated heterocycles. The molecule has 0 fully saturated rings. The van der Waals surface area contributed by atoms with Crippen LogP contribution >= 0.6 is 0 Å². The van der Waals surface area contributed by atoms with Crippen LogP contribution in [0.4, 0.5) is 5.69 Å². The molecule has 0 aromatic heterocycles. The first kappa shape index (κ1) is 9.43. The summed E-state index contributed by atoms with van der Waals surface area (Å²) in [7, 11) is 0. The third kappa shape index (κ3) is 1.39. The number of para-hydroxylation sites is 1. The molecule has 1 heterocycles. The molecule has 0 radical (unpaired) electrons. The van der Waals surface area contributed by atoms with Gasteiger partial charge in [0.2, 0.25) is 0 Å². The lowest BCUT2D eigenvalue weighted by Crippen LogP contribution is -2.31. The minimum atomic E-state index is 1.01. The zero-order chi connectivity index (χ0) is 11.0. The molecule has 0 unspecified atom stereocenters. The molecule has 3 rings (SSSR count). The minimum Gasteiger partial charge on any atom is -0.283 e. The number of benzene rings is 1. The van der Waals surface area contributed by atoms with Crippen LogP contribution in [0.15, 0.2) is 53.8 Å². The molecule has 1 aromatic rings. The summed E-state index contributed by atoms with van der Waals surface area (Å²) in [6, 6.07) is 8.22. The van der Waals surface area contributed by atoms with Crippen molar-refractivity contribution in [2.45, 2.75) is 12.8 Å². The lowest BCUT2D eigenvalue weighted by atomic mass is 10.0. The van der Waals surface area contributed by atoms with E-state index in [-0.39, 0.29) is 0 Å². The molecule has 16 heavy (non-hydrogen) atoms. The summed E-state index contributed by atoms with van der Waals surface area (Å²) < 4.78 is 0. The quantitative estimate of drug-likeness (QED) is 0.667. The molecule has 2 heteroatoms. The van der Waals surface area contributed by atoms with Gasteiger partial charge in [0.1, 0.15) is 0 Å². The standard InChI is InChI=1S/C14H14N2/c15-16-13-7-3-1-5-11(13)9-10-12-6-2-4-8-14(12)16/h1-3,5-7,9-10H,4,8,15H2. The normalized spacial score (nSPS) is 18.2. The summed E-state index contributed by atoms with van der Waals surface area (Å²) in [5, 5.41) is 1.83. The first-order valence-corrected chi connectivity index (χ1v) is 5.58. The monoisotopic (exact) mass is 210 g/mol. The number of anilines is 1. The van der Waals surface area contributed by atoms with Crippen molar-refractivity contribution in [3.8, 4) is 0 Å². The van der Waals surface area contributed by atoms with Crippen molar-refractivity contribution in [3.63, 3.8) is 0 Å². The first-order valence-electron chi connectivity index (χ1n) is 5.58. The molecule has 0 bridgehead atoms. The van der Waals surface area contributed by atoms with Crippen molar-refractivity contribution in [3.05, 3.63) is 59.3 Å². The number of fused-ring (bicyclic) bond motifs is 1. The molecule has 2 N–H and O–H groups in total. The number of allylic oxidation sites excluding steroid dienone is 5. The number of nitrogens with two attached hydrogens (primary N) is 1. The van der Waals surface area contributed by atoms with E-state index in [1.807, 2.05) is 17.1 Å². The van der Waals surface area contributed by atoms with Crippen LogP contribution in [0.2, 0.25) is 0 Å². The zero-order valence-corrected chi connectivity index (χ0v) is 9.06. The second-order valence-electron chi connectivity index (χ2n) is 4.11. The van der Waals surface area contributed by atoms with Crippen molar-refractivity contribution >= 4 is 11.8 Å². The molecule has 2 aliphatic rings. The van der Waals surface area contributed by atoms with Crippen LogP contribution in [0.5, 0.6) is 0 Å². The topological polar surface area (TPSA) is 29.3 Å². The summed E-state index contributed by atoms with van der Waals surface area (Å²) >= 11 is 0. The van der Waals surface area contributed by atoms with Gasteiger partial charge in [-0.05, 0) is 30.0 Å². The predicted octanol–water partition coefficient (Wildman–Crippen LogP) is 3.00. The lowest BCUT2D eigenvalue weighted by molar-refractivity contribution is 0.851. The fourth-order valence-electron chi connectivity index (χ4n) is 2.25. The molecule has 1 aliphatic carbocycles. The van der Waals surface area contributed by atoms with Gasteiger partial charge in [0, 0.05) is 5.70 Å². The van der Waals surface area contributed by atoms with Crippen LogP contribution in [0.1, 0.15) is 18.4 Å². The Morgan fingerprint density at radius 3 is 2.88 bits per heavy atom. The maximum absolute atomic E-state index is 6.20. The van der Waals surface area contributed by atoms with Crippen molar-refractivity contribution in [2.24, 2.45) is 5.84 Å². The molecule has 0 amide bonds. The number of hydrogen-bond acceptors (Lipinski definition) is 2. The van der Waals surface area contributed by atoms with Gasteiger partial charge in [-0.3, -0.25) is 5.01 Å². The molecule has 1 aliphatic heterocycles. The smallest absolute Gasteiger partial charge is 0.0644 e. The van der Waals surface area contributed by atoms with E-state index in [1.165, 1.54) is 16.8 Å². The summed E-state index contributed by atoms with van der Waals surface area (Å²) in [6.45, 7) is 0. The highest BCUT2D eigenvalue weighted by atomic mass is 15.4. The minimum absolute atomic E-state index is 1.01. The maximum atomic E-state index is 6.20. The summed E-state index contributed by atoms with van der Waals surface area (Å²) in [6.07, 6.45) is 10.7. The average Bonchev–Trinajstić information content (AvgIpc) is 2.49. The summed E-state index contributed by atoms with van der Waals surface area (Å²) in [5.41, 5.74) is 4.69. The highest BCUT2D eigenvalue weighted by Gasteiger charge is 2.17. The van der Waals surface area contributed by atoms with Gasteiger partial charge in [0.05, 0.1) is 5.69 Å². The predicted molar refractivity (Wildman–Crippen MR) is 67.5 cm³/mol. The molecule has 80 valence electrons. The van der Waals surface area contributed by atoms with Crippen LogP contribution in [0.25, 0.3) is 6.08 Å². The number of hydrogen-bond donors (Lipinski definition) is 1. The molecule has 2 nitrogen and oxygen atoms in total. The Kier molecular flexibility index (Phi) is 2.15. The molecule has 0 atom stereocenters. The van der Waals surface area contributed by atoms with Gasteiger partial charge >= 0.3 is 0 Å². The van der Waals surface area contributed by atoms with Crippen molar-refractivity contribution in [1.82, 2.24) is 0 Å². The van der Waals surface area contributed by atoms with E-state index in [2.05, 4.69) is 36.4 Å². The fraction of sp³-hybridized carbons (Fsp3) is 0.143. The van der Waals surface area contributed by atoms with Gasteiger partial charge in [-0.25, -0.2) is 5.84 Å². The van der Waals surface area contributed by atoms with Gasteiger partial charge in [0.25, 0.3) is 0 Å². The van der Waals surface area contributed by atoms with E-state index in [9.17, 15) is 0 Å². The molecular formula is C14H14N2. The van der Waals surface area contributed by atoms with Gasteiger partial charge in [-0.1, -0.05) is 42.5 Å². The number of hydrazine groups is 1. The molecule has 0 spiro atoms. The molecular weight excluding hydrogens is 196 g/mol. The third-order valence-corrected chi connectivity index (χ3v) is 3.11. The maximum Gasteiger partial charge on any atom is 0.0644 e. The van der Waals surface area contributed by atoms with Gasteiger partial charge in [0.15, 0.2) is 0 Å². The van der Waals surface area contributed by atoms with Crippen molar-refractivity contribution in [2.75, 3.05) is 5.01 Å². The number of rotatable bonds is 0. The second kappa shape index (κ2) is 3.65. The Morgan fingerprint density at radius 2 is 1.94 bits per heavy atom. The van der Waals surface area contributed by atoms with E-state index < -0.39 is 0 Å². The van der Waals surface area contributed by atoms with E-state index in [4.69, 9.17) is 5.84 Å². The van der Waals surface area contributed by atoms with Crippen LogP contribution in [-0.4, -0.2) is 0 Å². The summed E-state index contributed by atoms with van der Waals surface area (Å²) in [5.74, 6) is 6.20. The SMILES string of the molecule is NN1C2=C(C=CCC2)C=Cc2ccccc21. The Labute approximate surface area is 95.3 Å². The first-order chi connectivity index (χ1) is 7.86. The molecule has 0 saturated carbocycles. The van der Waals surface area contributed by atoms with Gasteiger partial charge < -0.3 is 0 Å². The number of nitrogens with zero attached hydrogens (tertiary/aromatic N) is 1. The van der Waals surface area contributed by atoms with E-state index in [0.29, 0.717) is 0 Å². The Morgan fingerprint density at radius 1 is 1.06 bits per heavy atom.